The minimum atomic E-state index is -1.04. The summed E-state index contributed by atoms with van der Waals surface area (Å²) in [4.78, 5) is 14.9. The summed E-state index contributed by atoms with van der Waals surface area (Å²) in [6.07, 6.45) is 8.04. The number of thiophene rings is 1. The first-order valence-corrected chi connectivity index (χ1v) is 12.7. The predicted molar refractivity (Wildman–Crippen MR) is 121 cm³/mol. The number of methoxy groups -OCH3 is 1. The molecule has 0 N–H and O–H groups in total. The van der Waals surface area contributed by atoms with E-state index in [-0.39, 0.29) is 0 Å². The molecule has 2 aliphatic rings. The van der Waals surface area contributed by atoms with Crippen LogP contribution in [0.2, 0.25) is 0 Å². The molecule has 5 rings (SSSR count). The smallest absolute Gasteiger partial charge is 0.141 e. The van der Waals surface area contributed by atoms with Gasteiger partial charge in [-0.15, -0.1) is 22.7 Å². The van der Waals surface area contributed by atoms with Crippen LogP contribution >= 0.6 is 22.7 Å². The number of thiazole rings is 1. The Bertz CT molecular complexity index is 1130. The lowest BCUT2D eigenvalue weighted by Gasteiger charge is -2.07. The van der Waals surface area contributed by atoms with Crippen molar-refractivity contribution >= 4 is 55.0 Å². The molecule has 29 heavy (non-hydrogen) atoms. The Hall–Kier alpha value is -1.74. The van der Waals surface area contributed by atoms with Gasteiger partial charge in [-0.3, -0.25) is 9.20 Å². The first-order chi connectivity index (χ1) is 14.2. The van der Waals surface area contributed by atoms with E-state index >= 15 is 0 Å². The largest absolute Gasteiger partial charge is 0.385 e. The Morgan fingerprint density at radius 3 is 2.97 bits per heavy atom. The SMILES string of the molecule is COCCCS(=O)c1cc2c(C3=CN=C(C4CC4)C3)cc(-c3nccs3)nc2s1. The minimum Gasteiger partial charge on any atom is -0.385 e. The van der Waals surface area contributed by atoms with Gasteiger partial charge in [0.2, 0.25) is 0 Å². The zero-order chi connectivity index (χ0) is 19.8. The van der Waals surface area contributed by atoms with Crippen molar-refractivity contribution in [1.82, 2.24) is 9.97 Å². The number of allylic oxidation sites excluding steroid dienone is 1. The van der Waals surface area contributed by atoms with E-state index in [2.05, 4.69) is 17.1 Å². The van der Waals surface area contributed by atoms with Crippen LogP contribution in [0.3, 0.4) is 0 Å². The van der Waals surface area contributed by atoms with E-state index in [4.69, 9.17) is 14.7 Å². The lowest BCUT2D eigenvalue weighted by Crippen LogP contribution is -2.00. The second kappa shape index (κ2) is 8.18. The molecule has 0 spiro atoms. The van der Waals surface area contributed by atoms with Gasteiger partial charge in [-0.2, -0.15) is 0 Å². The maximum Gasteiger partial charge on any atom is 0.141 e. The highest BCUT2D eigenvalue weighted by Crippen LogP contribution is 2.41. The van der Waals surface area contributed by atoms with Crippen molar-refractivity contribution in [2.24, 2.45) is 10.9 Å². The lowest BCUT2D eigenvalue weighted by atomic mass is 9.99. The molecule has 1 saturated carbocycles. The van der Waals surface area contributed by atoms with Crippen LogP contribution in [0.1, 0.15) is 31.2 Å². The Labute approximate surface area is 180 Å². The average molecular weight is 444 g/mol. The Balaban J connectivity index is 1.53. The van der Waals surface area contributed by atoms with Gasteiger partial charge >= 0.3 is 0 Å². The Kier molecular flexibility index (Phi) is 5.43. The van der Waals surface area contributed by atoms with Gasteiger partial charge in [0.1, 0.15) is 15.5 Å². The van der Waals surface area contributed by atoms with Gasteiger partial charge < -0.3 is 4.74 Å². The zero-order valence-electron chi connectivity index (χ0n) is 16.1. The molecule has 0 amide bonds. The normalized spacial score (nSPS) is 17.6. The first kappa shape index (κ1) is 19.2. The topological polar surface area (TPSA) is 64.4 Å². The molecule has 0 saturated heterocycles. The number of aromatic nitrogens is 2. The average Bonchev–Trinajstić information content (AvgIpc) is 3.17. The fourth-order valence-electron chi connectivity index (χ4n) is 3.54. The Morgan fingerprint density at radius 1 is 1.31 bits per heavy atom. The summed E-state index contributed by atoms with van der Waals surface area (Å²) in [5.74, 6) is 1.28. The van der Waals surface area contributed by atoms with Gasteiger partial charge in [-0.1, -0.05) is 0 Å². The molecule has 1 unspecified atom stereocenters. The second-order valence-electron chi connectivity index (χ2n) is 7.30. The lowest BCUT2D eigenvalue weighted by molar-refractivity contribution is 0.200. The van der Waals surface area contributed by atoms with Crippen LogP contribution in [0.15, 0.2) is 39.1 Å². The fraction of sp³-hybridized carbons (Fsp3) is 0.381. The fourth-order valence-corrected chi connectivity index (χ4v) is 6.62. The predicted octanol–water partition coefficient (Wildman–Crippen LogP) is 5.16. The van der Waals surface area contributed by atoms with Gasteiger partial charge in [-0.25, -0.2) is 9.97 Å². The molecule has 0 aromatic carbocycles. The molecule has 150 valence electrons. The molecular weight excluding hydrogens is 422 g/mol. The summed E-state index contributed by atoms with van der Waals surface area (Å²) < 4.78 is 18.7. The third kappa shape index (κ3) is 3.99. The number of aliphatic imine (C=N–C) groups is 1. The van der Waals surface area contributed by atoms with Gasteiger partial charge in [0.05, 0.1) is 15.0 Å². The van der Waals surface area contributed by atoms with Gasteiger partial charge in [-0.05, 0) is 48.4 Å². The van der Waals surface area contributed by atoms with Crippen molar-refractivity contribution < 1.29 is 8.95 Å². The van der Waals surface area contributed by atoms with Gasteiger partial charge in [0.25, 0.3) is 0 Å². The standard InChI is InChI=1S/C21H21N3O2S3/c1-26-6-2-8-29(25)19-11-16-15(14-9-17(23-12-14)13-3-4-13)10-18(24-20(16)28-19)21-22-5-7-27-21/h5,7,10-13H,2-4,6,8-9H2,1H3. The highest BCUT2D eigenvalue weighted by Gasteiger charge is 2.30. The van der Waals surface area contributed by atoms with Crippen molar-refractivity contribution in [3.63, 3.8) is 0 Å². The third-order valence-electron chi connectivity index (χ3n) is 5.19. The molecule has 1 aliphatic carbocycles. The van der Waals surface area contributed by atoms with Crippen LogP contribution in [0, 0.1) is 5.92 Å². The summed E-state index contributed by atoms with van der Waals surface area (Å²) in [7, 11) is 0.635. The van der Waals surface area contributed by atoms with Crippen molar-refractivity contribution in [3.05, 3.63) is 35.5 Å². The molecule has 1 fully saturated rings. The summed E-state index contributed by atoms with van der Waals surface area (Å²) in [6, 6.07) is 4.19. The minimum absolute atomic E-state index is 0.604. The van der Waals surface area contributed by atoms with E-state index in [0.717, 1.165) is 43.5 Å². The van der Waals surface area contributed by atoms with Crippen LogP contribution in [0.4, 0.5) is 0 Å². The van der Waals surface area contributed by atoms with Crippen molar-refractivity contribution in [1.29, 1.82) is 0 Å². The molecule has 3 aromatic heterocycles. The number of nitrogens with zero attached hydrogens (tertiary/aromatic N) is 3. The van der Waals surface area contributed by atoms with Crippen LogP contribution in [0.25, 0.3) is 26.5 Å². The van der Waals surface area contributed by atoms with E-state index in [0.29, 0.717) is 18.3 Å². The van der Waals surface area contributed by atoms with Crippen molar-refractivity contribution in [2.45, 2.75) is 29.9 Å². The van der Waals surface area contributed by atoms with Crippen LogP contribution < -0.4 is 0 Å². The molecule has 1 atom stereocenters. The summed E-state index contributed by atoms with van der Waals surface area (Å²) in [5.41, 5.74) is 4.56. The number of ether oxygens (including phenoxy) is 1. The number of fused-ring (bicyclic) bond motifs is 1. The van der Waals surface area contributed by atoms with E-state index in [1.54, 1.807) is 24.6 Å². The summed E-state index contributed by atoms with van der Waals surface area (Å²) >= 11 is 3.11. The number of hydrogen-bond donors (Lipinski definition) is 0. The molecule has 0 radical (unpaired) electrons. The molecule has 5 nitrogen and oxygen atoms in total. The number of rotatable bonds is 8. The first-order valence-electron chi connectivity index (χ1n) is 9.70. The second-order valence-corrected chi connectivity index (χ2v) is 11.0. The quantitative estimate of drug-likeness (QED) is 0.451. The van der Waals surface area contributed by atoms with Gasteiger partial charge in [0.15, 0.2) is 0 Å². The molecule has 0 bridgehead atoms. The summed E-state index contributed by atoms with van der Waals surface area (Å²) in [5, 5.41) is 3.95. The van der Waals surface area contributed by atoms with Crippen molar-refractivity contribution in [2.75, 3.05) is 19.5 Å². The maximum atomic E-state index is 12.8. The molecule has 4 heterocycles. The maximum absolute atomic E-state index is 12.8. The van der Waals surface area contributed by atoms with E-state index < -0.39 is 10.8 Å². The zero-order valence-corrected chi connectivity index (χ0v) is 18.5. The molecule has 8 heteroatoms. The molecular formula is C21H21N3O2S3. The van der Waals surface area contributed by atoms with Crippen LogP contribution in [0.5, 0.6) is 0 Å². The third-order valence-corrected chi connectivity index (χ3v) is 8.84. The highest BCUT2D eigenvalue weighted by atomic mass is 32.2. The van der Waals surface area contributed by atoms with Crippen LogP contribution in [-0.4, -0.2) is 39.4 Å². The van der Waals surface area contributed by atoms with E-state index in [9.17, 15) is 4.21 Å². The van der Waals surface area contributed by atoms with E-state index in [1.807, 2.05) is 11.6 Å². The molecule has 3 aromatic rings. The van der Waals surface area contributed by atoms with E-state index in [1.165, 1.54) is 35.5 Å². The molecule has 1 aliphatic heterocycles. The summed E-state index contributed by atoms with van der Waals surface area (Å²) in [6.45, 7) is 0.627. The Morgan fingerprint density at radius 2 is 2.21 bits per heavy atom. The highest BCUT2D eigenvalue weighted by molar-refractivity contribution is 7.87. The number of pyridine rings is 1. The van der Waals surface area contributed by atoms with Gasteiger partial charge in [0, 0.05) is 54.8 Å². The number of hydrogen-bond acceptors (Lipinski definition) is 7. The van der Waals surface area contributed by atoms with Crippen LogP contribution in [-0.2, 0) is 15.5 Å². The van der Waals surface area contributed by atoms with Crippen molar-refractivity contribution in [3.8, 4) is 10.7 Å². The monoisotopic (exact) mass is 443 g/mol.